The Morgan fingerprint density at radius 3 is 2.45 bits per heavy atom. The zero-order valence-electron chi connectivity index (χ0n) is 21.4. The van der Waals surface area contributed by atoms with Gasteiger partial charge in [-0.1, -0.05) is 18.2 Å². The van der Waals surface area contributed by atoms with Gasteiger partial charge in [0.05, 0.1) is 23.8 Å². The minimum atomic E-state index is -4.51. The van der Waals surface area contributed by atoms with Crippen molar-refractivity contribution in [2.45, 2.75) is 38.4 Å². The fraction of sp³-hybridized carbons (Fsp3) is 0.519. The summed E-state index contributed by atoms with van der Waals surface area (Å²) in [5.74, 6) is -0.331. The minimum absolute atomic E-state index is 0.0900. The third-order valence-electron chi connectivity index (χ3n) is 7.02. The average molecular weight is 535 g/mol. The van der Waals surface area contributed by atoms with Gasteiger partial charge in [-0.05, 0) is 43.9 Å². The number of esters is 1. The molecule has 0 radical (unpaired) electrons. The number of alkyl halides is 3. The molecular weight excluding hydrogens is 501 g/mol. The Labute approximate surface area is 220 Å². The largest absolute Gasteiger partial charge is 0.463 e. The number of hydrogen-bond donors (Lipinski definition) is 1. The Balaban J connectivity index is 1.68. The van der Waals surface area contributed by atoms with E-state index in [2.05, 4.69) is 16.8 Å². The van der Waals surface area contributed by atoms with Crippen LogP contribution in [0.4, 0.5) is 18.0 Å². The molecule has 206 valence electrons. The molecule has 2 aliphatic heterocycles. The monoisotopic (exact) mass is 534 g/mol. The molecule has 4 rings (SSSR count). The number of amides is 3. The molecule has 1 aromatic carbocycles. The first-order chi connectivity index (χ1) is 18.1. The van der Waals surface area contributed by atoms with E-state index in [0.717, 1.165) is 31.4 Å². The molecule has 8 nitrogen and oxygen atoms in total. The molecular formula is C27H33F3N4O4. The van der Waals surface area contributed by atoms with Crippen LogP contribution in [0.15, 0.2) is 48.2 Å². The van der Waals surface area contributed by atoms with E-state index in [1.165, 1.54) is 17.0 Å². The molecule has 1 aliphatic carbocycles. The normalized spacial score (nSPS) is 21.2. The molecule has 1 saturated carbocycles. The maximum absolute atomic E-state index is 13.3. The van der Waals surface area contributed by atoms with Crippen LogP contribution in [0.1, 0.15) is 43.4 Å². The lowest BCUT2D eigenvalue weighted by Gasteiger charge is -2.38. The van der Waals surface area contributed by atoms with Gasteiger partial charge in [-0.15, -0.1) is 6.58 Å². The van der Waals surface area contributed by atoms with Gasteiger partial charge in [0.1, 0.15) is 0 Å². The van der Waals surface area contributed by atoms with Crippen LogP contribution in [0.2, 0.25) is 0 Å². The fourth-order valence-corrected chi connectivity index (χ4v) is 4.91. The number of nitrogens with zero attached hydrogens (tertiary/aromatic N) is 3. The Morgan fingerprint density at radius 1 is 1.13 bits per heavy atom. The third kappa shape index (κ3) is 6.20. The second-order valence-corrected chi connectivity index (χ2v) is 9.71. The zero-order valence-corrected chi connectivity index (χ0v) is 21.4. The van der Waals surface area contributed by atoms with Crippen LogP contribution in [0.3, 0.4) is 0 Å². The van der Waals surface area contributed by atoms with Crippen LogP contribution in [0, 0.1) is 5.92 Å². The highest BCUT2D eigenvalue weighted by molar-refractivity contribution is 5.95. The summed E-state index contributed by atoms with van der Waals surface area (Å²) < 4.78 is 44.8. The van der Waals surface area contributed by atoms with Crippen molar-refractivity contribution in [2.24, 2.45) is 5.92 Å². The summed E-state index contributed by atoms with van der Waals surface area (Å²) in [6.07, 6.45) is -0.352. The molecule has 38 heavy (non-hydrogen) atoms. The van der Waals surface area contributed by atoms with Crippen LogP contribution in [0.25, 0.3) is 0 Å². The number of nitrogens with one attached hydrogen (secondary N) is 1. The van der Waals surface area contributed by atoms with Crippen LogP contribution in [-0.4, -0.2) is 78.5 Å². The second kappa shape index (κ2) is 11.6. The molecule has 0 bridgehead atoms. The van der Waals surface area contributed by atoms with Crippen molar-refractivity contribution in [3.63, 3.8) is 0 Å². The maximum Gasteiger partial charge on any atom is 0.416 e. The summed E-state index contributed by atoms with van der Waals surface area (Å²) in [5.41, 5.74) is 0.0952. The van der Waals surface area contributed by atoms with Crippen LogP contribution in [0.5, 0.6) is 0 Å². The Hall–Kier alpha value is -3.34. The molecule has 0 aromatic heterocycles. The molecule has 2 fully saturated rings. The van der Waals surface area contributed by atoms with Gasteiger partial charge >= 0.3 is 18.2 Å². The number of hydrogen-bond acceptors (Lipinski definition) is 5. The summed E-state index contributed by atoms with van der Waals surface area (Å²) in [6.45, 7) is 8.26. The molecule has 1 aromatic rings. The standard InChI is InChI=1S/C27H33F3N4O4/c1-3-12-34-21(17-32-13-5-14-33(16-15-32)24(35)19-6-7-19)22(25(36)38-4-2)23(31-26(34)37)18-8-10-20(11-9-18)27(28,29)30/h3,8-11,19,23H,1,4-7,12-17H2,2H3,(H,31,37). The van der Waals surface area contributed by atoms with Gasteiger partial charge in [0.25, 0.3) is 0 Å². The number of halogens is 3. The van der Waals surface area contributed by atoms with E-state index in [9.17, 15) is 27.6 Å². The van der Waals surface area contributed by atoms with E-state index < -0.39 is 29.8 Å². The molecule has 1 N–H and O–H groups in total. The molecule has 3 amide bonds. The summed E-state index contributed by atoms with van der Waals surface area (Å²) in [6, 6.07) is 2.92. The van der Waals surface area contributed by atoms with Gasteiger partial charge in [0.15, 0.2) is 0 Å². The smallest absolute Gasteiger partial charge is 0.416 e. The predicted octanol–water partition coefficient (Wildman–Crippen LogP) is 3.72. The summed E-state index contributed by atoms with van der Waals surface area (Å²) >= 11 is 0. The summed E-state index contributed by atoms with van der Waals surface area (Å²) in [5, 5.41) is 2.76. The Bertz CT molecular complexity index is 1100. The topological polar surface area (TPSA) is 82.2 Å². The van der Waals surface area contributed by atoms with Crippen molar-refractivity contribution in [2.75, 3.05) is 45.9 Å². The average Bonchev–Trinajstić information content (AvgIpc) is 3.73. The van der Waals surface area contributed by atoms with E-state index in [1.54, 1.807) is 13.0 Å². The van der Waals surface area contributed by atoms with Crippen LogP contribution < -0.4 is 5.32 Å². The number of benzene rings is 1. The van der Waals surface area contributed by atoms with Crippen molar-refractivity contribution in [3.8, 4) is 0 Å². The van der Waals surface area contributed by atoms with E-state index in [1.807, 2.05) is 4.90 Å². The van der Waals surface area contributed by atoms with E-state index in [0.29, 0.717) is 37.4 Å². The molecule has 1 atom stereocenters. The first kappa shape index (κ1) is 27.7. The molecule has 1 unspecified atom stereocenters. The fourth-order valence-electron chi connectivity index (χ4n) is 4.91. The molecule has 1 saturated heterocycles. The van der Waals surface area contributed by atoms with Gasteiger partial charge < -0.3 is 15.0 Å². The van der Waals surface area contributed by atoms with Crippen LogP contribution >= 0.6 is 0 Å². The van der Waals surface area contributed by atoms with Crippen molar-refractivity contribution in [1.29, 1.82) is 0 Å². The highest BCUT2D eigenvalue weighted by atomic mass is 19.4. The lowest BCUT2D eigenvalue weighted by atomic mass is 9.93. The maximum atomic E-state index is 13.3. The number of ether oxygens (including phenoxy) is 1. The SMILES string of the molecule is C=CCN1C(=O)NC(c2ccc(C(F)(F)F)cc2)C(C(=O)OCC)=C1CN1CCCN(C(=O)C2CC2)CC1. The quantitative estimate of drug-likeness (QED) is 0.406. The van der Waals surface area contributed by atoms with Gasteiger partial charge in [0, 0.05) is 50.9 Å². The Morgan fingerprint density at radius 2 is 1.84 bits per heavy atom. The first-order valence-electron chi connectivity index (χ1n) is 12.9. The zero-order chi connectivity index (χ0) is 27.4. The molecule has 3 aliphatic rings. The van der Waals surface area contributed by atoms with Crippen molar-refractivity contribution >= 4 is 17.9 Å². The van der Waals surface area contributed by atoms with Crippen molar-refractivity contribution < 1.29 is 32.3 Å². The summed E-state index contributed by atoms with van der Waals surface area (Å²) in [7, 11) is 0. The van der Waals surface area contributed by atoms with Gasteiger partial charge in [-0.2, -0.15) is 13.2 Å². The number of urea groups is 1. The second-order valence-electron chi connectivity index (χ2n) is 9.71. The summed E-state index contributed by atoms with van der Waals surface area (Å²) in [4.78, 5) is 44.4. The molecule has 2 heterocycles. The number of rotatable bonds is 8. The highest BCUT2D eigenvalue weighted by Crippen LogP contribution is 2.35. The lowest BCUT2D eigenvalue weighted by molar-refractivity contribution is -0.139. The van der Waals surface area contributed by atoms with Crippen molar-refractivity contribution in [3.05, 3.63) is 59.3 Å². The van der Waals surface area contributed by atoms with Gasteiger partial charge in [-0.25, -0.2) is 9.59 Å². The number of carbonyl (C=O) groups excluding carboxylic acids is 3. The van der Waals surface area contributed by atoms with Crippen LogP contribution in [-0.2, 0) is 20.5 Å². The predicted molar refractivity (Wildman–Crippen MR) is 134 cm³/mol. The lowest BCUT2D eigenvalue weighted by Crippen LogP contribution is -2.51. The molecule has 11 heteroatoms. The minimum Gasteiger partial charge on any atom is -0.463 e. The highest BCUT2D eigenvalue weighted by Gasteiger charge is 2.40. The third-order valence-corrected chi connectivity index (χ3v) is 7.02. The number of carbonyl (C=O) groups is 3. The van der Waals surface area contributed by atoms with Gasteiger partial charge in [0.2, 0.25) is 5.91 Å². The van der Waals surface area contributed by atoms with Crippen molar-refractivity contribution in [1.82, 2.24) is 20.0 Å². The molecule has 0 spiro atoms. The van der Waals surface area contributed by atoms with Gasteiger partial charge in [-0.3, -0.25) is 14.6 Å². The van der Waals surface area contributed by atoms with E-state index in [-0.39, 0.29) is 37.1 Å². The first-order valence-corrected chi connectivity index (χ1v) is 12.9. The Kier molecular flexibility index (Phi) is 8.44. The van der Waals surface area contributed by atoms with E-state index >= 15 is 0 Å². The van der Waals surface area contributed by atoms with E-state index in [4.69, 9.17) is 4.74 Å².